The van der Waals surface area contributed by atoms with E-state index >= 15 is 0 Å². The molecular formula is C11H19NO4. The highest BCUT2D eigenvalue weighted by Gasteiger charge is 2.28. The summed E-state index contributed by atoms with van der Waals surface area (Å²) in [6.07, 6.45) is 1.95. The highest BCUT2D eigenvalue weighted by molar-refractivity contribution is 5.81. The standard InChI is InChI=1S/C11H19NO4/c1-2-16-8-9-4-3-7-12(9)10(13)5-6-11(14)15/h9H,2-8H2,1H3,(H,14,15)/t9-/m1/s1. The number of rotatable bonds is 6. The van der Waals surface area contributed by atoms with Crippen molar-refractivity contribution in [1.82, 2.24) is 4.90 Å². The molecule has 0 spiro atoms. The Labute approximate surface area is 95.4 Å². The van der Waals surface area contributed by atoms with Gasteiger partial charge in [0.15, 0.2) is 0 Å². The number of carbonyl (C=O) groups is 2. The molecule has 1 heterocycles. The zero-order valence-corrected chi connectivity index (χ0v) is 9.65. The van der Waals surface area contributed by atoms with Crippen LogP contribution in [0.3, 0.4) is 0 Å². The number of carbonyl (C=O) groups excluding carboxylic acids is 1. The zero-order valence-electron chi connectivity index (χ0n) is 9.65. The molecule has 1 N–H and O–H groups in total. The number of aliphatic carboxylic acids is 1. The maximum Gasteiger partial charge on any atom is 0.303 e. The Morgan fingerprint density at radius 2 is 2.19 bits per heavy atom. The van der Waals surface area contributed by atoms with Crippen LogP contribution >= 0.6 is 0 Å². The summed E-state index contributed by atoms with van der Waals surface area (Å²) in [7, 11) is 0. The molecule has 0 aromatic rings. The van der Waals surface area contributed by atoms with Gasteiger partial charge in [-0.3, -0.25) is 9.59 Å². The van der Waals surface area contributed by atoms with Crippen molar-refractivity contribution in [3.05, 3.63) is 0 Å². The summed E-state index contributed by atoms with van der Waals surface area (Å²) < 4.78 is 5.31. The van der Waals surface area contributed by atoms with Crippen molar-refractivity contribution >= 4 is 11.9 Å². The average molecular weight is 229 g/mol. The van der Waals surface area contributed by atoms with Crippen LogP contribution in [0.4, 0.5) is 0 Å². The predicted octanol–water partition coefficient (Wildman–Crippen LogP) is 0.879. The second-order valence-corrected chi connectivity index (χ2v) is 3.94. The first-order valence-electron chi connectivity index (χ1n) is 5.74. The lowest BCUT2D eigenvalue weighted by atomic mass is 10.2. The molecule has 0 radical (unpaired) electrons. The summed E-state index contributed by atoms with van der Waals surface area (Å²) >= 11 is 0. The highest BCUT2D eigenvalue weighted by atomic mass is 16.5. The Kier molecular flexibility index (Phi) is 5.25. The molecule has 1 amide bonds. The monoisotopic (exact) mass is 229 g/mol. The van der Waals surface area contributed by atoms with Gasteiger partial charge < -0.3 is 14.7 Å². The Hall–Kier alpha value is -1.10. The van der Waals surface area contributed by atoms with Crippen molar-refractivity contribution in [3.8, 4) is 0 Å². The van der Waals surface area contributed by atoms with Gasteiger partial charge in [0.2, 0.25) is 5.91 Å². The van der Waals surface area contributed by atoms with Gasteiger partial charge in [0.1, 0.15) is 0 Å². The number of carboxylic acids is 1. The molecule has 0 saturated carbocycles. The van der Waals surface area contributed by atoms with Crippen LogP contribution in [0.2, 0.25) is 0 Å². The first kappa shape index (κ1) is 13.0. The van der Waals surface area contributed by atoms with Crippen molar-refractivity contribution in [2.24, 2.45) is 0 Å². The van der Waals surface area contributed by atoms with Gasteiger partial charge in [-0.05, 0) is 19.8 Å². The summed E-state index contributed by atoms with van der Waals surface area (Å²) in [4.78, 5) is 23.9. The molecule has 1 aliphatic rings. The Balaban J connectivity index is 2.37. The van der Waals surface area contributed by atoms with Crippen LogP contribution in [0.25, 0.3) is 0 Å². The molecule has 0 unspecified atom stereocenters. The summed E-state index contributed by atoms with van der Waals surface area (Å²) in [5.41, 5.74) is 0. The van der Waals surface area contributed by atoms with Crippen molar-refractivity contribution in [3.63, 3.8) is 0 Å². The van der Waals surface area contributed by atoms with Crippen LogP contribution in [0.1, 0.15) is 32.6 Å². The molecule has 0 aromatic carbocycles. The second kappa shape index (κ2) is 6.48. The van der Waals surface area contributed by atoms with E-state index in [2.05, 4.69) is 0 Å². The number of carboxylic acid groups (broad SMARTS) is 1. The van der Waals surface area contributed by atoms with Gasteiger partial charge in [-0.15, -0.1) is 0 Å². The minimum atomic E-state index is -0.922. The fraction of sp³-hybridized carbons (Fsp3) is 0.818. The van der Waals surface area contributed by atoms with E-state index in [0.29, 0.717) is 13.2 Å². The molecule has 1 saturated heterocycles. The largest absolute Gasteiger partial charge is 0.481 e. The Morgan fingerprint density at radius 3 is 2.81 bits per heavy atom. The molecule has 1 fully saturated rings. The molecule has 16 heavy (non-hydrogen) atoms. The molecule has 0 aliphatic carbocycles. The average Bonchev–Trinajstić information content (AvgIpc) is 2.71. The third-order valence-electron chi connectivity index (χ3n) is 2.76. The summed E-state index contributed by atoms with van der Waals surface area (Å²) in [6.45, 7) is 3.87. The fourth-order valence-corrected chi connectivity index (χ4v) is 1.95. The van der Waals surface area contributed by atoms with Crippen molar-refractivity contribution in [2.45, 2.75) is 38.6 Å². The number of hydrogen-bond donors (Lipinski definition) is 1. The topological polar surface area (TPSA) is 66.8 Å². The molecule has 5 heteroatoms. The molecular weight excluding hydrogens is 210 g/mol. The van der Waals surface area contributed by atoms with Gasteiger partial charge in [-0.2, -0.15) is 0 Å². The van der Waals surface area contributed by atoms with E-state index in [1.165, 1.54) is 0 Å². The Morgan fingerprint density at radius 1 is 1.44 bits per heavy atom. The quantitative estimate of drug-likeness (QED) is 0.734. The van der Waals surface area contributed by atoms with E-state index in [0.717, 1.165) is 19.4 Å². The van der Waals surface area contributed by atoms with E-state index in [1.54, 1.807) is 4.90 Å². The van der Waals surface area contributed by atoms with Crippen LogP contribution in [0.15, 0.2) is 0 Å². The lowest BCUT2D eigenvalue weighted by Crippen LogP contribution is -2.38. The van der Waals surface area contributed by atoms with E-state index in [-0.39, 0.29) is 24.8 Å². The van der Waals surface area contributed by atoms with Crippen LogP contribution in [-0.4, -0.2) is 47.7 Å². The van der Waals surface area contributed by atoms with Crippen LogP contribution in [-0.2, 0) is 14.3 Å². The summed E-state index contributed by atoms with van der Waals surface area (Å²) in [5.74, 6) is -0.987. The smallest absolute Gasteiger partial charge is 0.303 e. The maximum atomic E-state index is 11.7. The lowest BCUT2D eigenvalue weighted by molar-refractivity contribution is -0.141. The van der Waals surface area contributed by atoms with Gasteiger partial charge in [0.05, 0.1) is 19.1 Å². The summed E-state index contributed by atoms with van der Waals surface area (Å²) in [5, 5.41) is 8.52. The van der Waals surface area contributed by atoms with Crippen LogP contribution in [0.5, 0.6) is 0 Å². The van der Waals surface area contributed by atoms with E-state index < -0.39 is 5.97 Å². The summed E-state index contributed by atoms with van der Waals surface area (Å²) in [6, 6.07) is 0.140. The third kappa shape index (κ3) is 3.81. The third-order valence-corrected chi connectivity index (χ3v) is 2.76. The van der Waals surface area contributed by atoms with Crippen molar-refractivity contribution in [1.29, 1.82) is 0 Å². The second-order valence-electron chi connectivity index (χ2n) is 3.94. The van der Waals surface area contributed by atoms with Crippen LogP contribution < -0.4 is 0 Å². The van der Waals surface area contributed by atoms with E-state index in [9.17, 15) is 9.59 Å². The molecule has 92 valence electrons. The van der Waals surface area contributed by atoms with Gasteiger partial charge in [-0.25, -0.2) is 0 Å². The van der Waals surface area contributed by atoms with Gasteiger partial charge in [0, 0.05) is 19.6 Å². The number of amides is 1. The van der Waals surface area contributed by atoms with Gasteiger partial charge >= 0.3 is 5.97 Å². The number of nitrogens with zero attached hydrogens (tertiary/aromatic N) is 1. The molecule has 0 aromatic heterocycles. The van der Waals surface area contributed by atoms with Crippen molar-refractivity contribution in [2.75, 3.05) is 19.8 Å². The van der Waals surface area contributed by atoms with Crippen LogP contribution in [0, 0.1) is 0 Å². The molecule has 1 aliphatic heterocycles. The van der Waals surface area contributed by atoms with E-state index in [1.807, 2.05) is 6.92 Å². The minimum Gasteiger partial charge on any atom is -0.481 e. The maximum absolute atomic E-state index is 11.7. The Bertz CT molecular complexity index is 254. The number of hydrogen-bond acceptors (Lipinski definition) is 3. The predicted molar refractivity (Wildman–Crippen MR) is 58.1 cm³/mol. The first-order valence-corrected chi connectivity index (χ1v) is 5.74. The van der Waals surface area contributed by atoms with Gasteiger partial charge in [0.25, 0.3) is 0 Å². The zero-order chi connectivity index (χ0) is 12.0. The molecule has 1 rings (SSSR count). The number of ether oxygens (including phenoxy) is 1. The molecule has 5 nitrogen and oxygen atoms in total. The van der Waals surface area contributed by atoms with E-state index in [4.69, 9.17) is 9.84 Å². The fourth-order valence-electron chi connectivity index (χ4n) is 1.95. The highest BCUT2D eigenvalue weighted by Crippen LogP contribution is 2.18. The van der Waals surface area contributed by atoms with Gasteiger partial charge in [-0.1, -0.05) is 0 Å². The number of likely N-dealkylation sites (tertiary alicyclic amines) is 1. The molecule has 0 bridgehead atoms. The first-order chi connectivity index (χ1) is 7.65. The normalized spacial score (nSPS) is 20.1. The van der Waals surface area contributed by atoms with Crippen molar-refractivity contribution < 1.29 is 19.4 Å². The minimum absolute atomic E-state index is 0.0652. The SMILES string of the molecule is CCOC[C@H]1CCCN1C(=O)CCC(=O)O. The lowest BCUT2D eigenvalue weighted by Gasteiger charge is -2.24. The molecule has 1 atom stereocenters.